The number of fused-ring (bicyclic) bond motifs is 1. The third-order valence-electron chi connectivity index (χ3n) is 4.05. The minimum Gasteiger partial charge on any atom is -0.504 e. The van der Waals surface area contributed by atoms with Crippen LogP contribution >= 0.6 is 0 Å². The Morgan fingerprint density at radius 2 is 1.62 bits per heavy atom. The van der Waals surface area contributed by atoms with Crippen LogP contribution in [0.2, 0.25) is 0 Å². The van der Waals surface area contributed by atoms with Gasteiger partial charge in [0.15, 0.2) is 11.5 Å². The van der Waals surface area contributed by atoms with Gasteiger partial charge in [0.25, 0.3) is 0 Å². The fourth-order valence-electron chi connectivity index (χ4n) is 2.70. The van der Waals surface area contributed by atoms with Gasteiger partial charge in [-0.25, -0.2) is 0 Å². The molecule has 1 saturated heterocycles. The molecule has 8 heteroatoms. The Bertz CT molecular complexity index is 731. The van der Waals surface area contributed by atoms with E-state index >= 15 is 0 Å². The lowest BCUT2D eigenvalue weighted by Crippen LogP contribution is -2.60. The second kappa shape index (κ2) is 6.42. The molecular weight excluding hydrogens is 320 g/mol. The van der Waals surface area contributed by atoms with Gasteiger partial charge in [-0.3, -0.25) is 0 Å². The highest BCUT2D eigenvalue weighted by molar-refractivity contribution is 5.95. The second-order valence-corrected chi connectivity index (χ2v) is 5.60. The number of aromatic hydroxyl groups is 2. The zero-order chi connectivity index (χ0) is 17.4. The molecule has 130 valence electrons. The Labute approximate surface area is 136 Å². The van der Waals surface area contributed by atoms with Crippen LogP contribution < -0.4 is 4.74 Å². The van der Waals surface area contributed by atoms with Gasteiger partial charge < -0.3 is 40.1 Å². The maximum Gasteiger partial charge on any atom is 0.229 e. The average Bonchev–Trinajstić information content (AvgIpc) is 2.59. The van der Waals surface area contributed by atoms with Gasteiger partial charge in [-0.1, -0.05) is 24.3 Å². The molecule has 0 saturated carbocycles. The second-order valence-electron chi connectivity index (χ2n) is 5.60. The molecule has 1 aliphatic heterocycles. The molecule has 24 heavy (non-hydrogen) atoms. The number of hydrogen-bond acceptors (Lipinski definition) is 8. The zero-order valence-electron chi connectivity index (χ0n) is 12.5. The number of aliphatic hydroxyl groups is 4. The summed E-state index contributed by atoms with van der Waals surface area (Å²) >= 11 is 0. The molecule has 5 atom stereocenters. The quantitative estimate of drug-likeness (QED) is 0.409. The van der Waals surface area contributed by atoms with Crippen LogP contribution in [-0.4, -0.2) is 68.0 Å². The summed E-state index contributed by atoms with van der Waals surface area (Å²) in [6.07, 6.45) is -7.12. The predicted molar refractivity (Wildman–Crippen MR) is 81.7 cm³/mol. The van der Waals surface area contributed by atoms with Gasteiger partial charge >= 0.3 is 0 Å². The monoisotopic (exact) mass is 338 g/mol. The molecule has 0 amide bonds. The SMILES string of the molecule is OC[C@H]1O[C@@H](Oc2cc(O)c(O)c3ccccc23)[C@H](O)[C@H](O)[C@@H]1O. The first-order valence-corrected chi connectivity index (χ1v) is 7.35. The summed E-state index contributed by atoms with van der Waals surface area (Å²) in [5.74, 6) is -0.634. The largest absolute Gasteiger partial charge is 0.504 e. The third-order valence-corrected chi connectivity index (χ3v) is 4.05. The van der Waals surface area contributed by atoms with E-state index in [1.165, 1.54) is 0 Å². The summed E-state index contributed by atoms with van der Waals surface area (Å²) in [5.41, 5.74) is 0. The van der Waals surface area contributed by atoms with Crippen LogP contribution in [0.15, 0.2) is 30.3 Å². The molecule has 1 heterocycles. The molecule has 1 aliphatic rings. The van der Waals surface area contributed by atoms with Gasteiger partial charge in [-0.15, -0.1) is 0 Å². The number of hydrogen-bond donors (Lipinski definition) is 6. The zero-order valence-corrected chi connectivity index (χ0v) is 12.5. The van der Waals surface area contributed by atoms with Crippen molar-refractivity contribution in [1.29, 1.82) is 0 Å². The lowest BCUT2D eigenvalue weighted by Gasteiger charge is -2.39. The summed E-state index contributed by atoms with van der Waals surface area (Å²) in [4.78, 5) is 0. The van der Waals surface area contributed by atoms with E-state index < -0.39 is 43.1 Å². The third kappa shape index (κ3) is 2.74. The van der Waals surface area contributed by atoms with Crippen molar-refractivity contribution in [3.8, 4) is 17.2 Å². The minimum absolute atomic E-state index is 0.102. The lowest BCUT2D eigenvalue weighted by molar-refractivity contribution is -0.277. The normalized spacial score (nSPS) is 30.4. The molecule has 0 spiro atoms. The Morgan fingerprint density at radius 1 is 0.958 bits per heavy atom. The number of phenolic OH excluding ortho intramolecular Hbond substituents is 2. The van der Waals surface area contributed by atoms with Gasteiger partial charge in [-0.2, -0.15) is 0 Å². The maximum atomic E-state index is 10.0. The number of phenols is 2. The van der Waals surface area contributed by atoms with E-state index in [1.54, 1.807) is 24.3 Å². The number of benzene rings is 2. The van der Waals surface area contributed by atoms with Crippen LogP contribution in [0.5, 0.6) is 17.2 Å². The summed E-state index contributed by atoms with van der Waals surface area (Å²) in [6, 6.07) is 7.72. The van der Waals surface area contributed by atoms with Crippen LogP contribution in [0.1, 0.15) is 0 Å². The molecule has 3 rings (SSSR count). The summed E-state index contributed by atoms with van der Waals surface area (Å²) in [7, 11) is 0. The van der Waals surface area contributed by atoms with Crippen LogP contribution in [0.3, 0.4) is 0 Å². The average molecular weight is 338 g/mol. The molecule has 0 aliphatic carbocycles. The van der Waals surface area contributed by atoms with Crippen molar-refractivity contribution in [2.24, 2.45) is 0 Å². The smallest absolute Gasteiger partial charge is 0.229 e. The van der Waals surface area contributed by atoms with E-state index in [4.69, 9.17) is 9.47 Å². The fraction of sp³-hybridized carbons (Fsp3) is 0.375. The van der Waals surface area contributed by atoms with Crippen molar-refractivity contribution in [3.63, 3.8) is 0 Å². The molecule has 0 radical (unpaired) electrons. The van der Waals surface area contributed by atoms with Gasteiger partial charge in [0, 0.05) is 16.8 Å². The molecule has 2 aromatic carbocycles. The standard InChI is InChI=1S/C16H18O8/c17-6-11-13(20)14(21)15(22)16(24-11)23-10-5-9(18)12(19)8-4-2-1-3-7(8)10/h1-5,11,13-22H,6H2/t11-,13-,14-,15-,16-/m1/s1. The fourth-order valence-corrected chi connectivity index (χ4v) is 2.70. The Balaban J connectivity index is 1.96. The van der Waals surface area contributed by atoms with Crippen molar-refractivity contribution in [1.82, 2.24) is 0 Å². The summed E-state index contributed by atoms with van der Waals surface area (Å²) in [5, 5.41) is 59.3. The van der Waals surface area contributed by atoms with Crippen LogP contribution in [0.25, 0.3) is 10.8 Å². The molecule has 8 nitrogen and oxygen atoms in total. The molecule has 2 aromatic rings. The van der Waals surface area contributed by atoms with Gasteiger partial charge in [0.2, 0.25) is 6.29 Å². The lowest BCUT2D eigenvalue weighted by atomic mass is 9.99. The van der Waals surface area contributed by atoms with E-state index in [2.05, 4.69) is 0 Å². The summed E-state index contributed by atoms with van der Waals surface area (Å²) < 4.78 is 10.8. The number of ether oxygens (including phenoxy) is 2. The highest BCUT2D eigenvalue weighted by Crippen LogP contribution is 2.40. The number of rotatable bonds is 3. The van der Waals surface area contributed by atoms with Gasteiger partial charge in [0.05, 0.1) is 6.61 Å². The first-order chi connectivity index (χ1) is 11.4. The van der Waals surface area contributed by atoms with E-state index in [0.29, 0.717) is 10.8 Å². The Morgan fingerprint density at radius 3 is 2.29 bits per heavy atom. The minimum atomic E-state index is -1.57. The molecule has 1 fully saturated rings. The van der Waals surface area contributed by atoms with Crippen molar-refractivity contribution in [2.45, 2.75) is 30.7 Å². The van der Waals surface area contributed by atoms with Crippen molar-refractivity contribution in [3.05, 3.63) is 30.3 Å². The number of aliphatic hydroxyl groups excluding tert-OH is 4. The van der Waals surface area contributed by atoms with E-state index in [-0.39, 0.29) is 11.5 Å². The first-order valence-electron chi connectivity index (χ1n) is 7.35. The van der Waals surface area contributed by atoms with Crippen LogP contribution in [0, 0.1) is 0 Å². The Kier molecular flexibility index (Phi) is 4.48. The van der Waals surface area contributed by atoms with Crippen molar-refractivity contribution in [2.75, 3.05) is 6.61 Å². The molecule has 6 N–H and O–H groups in total. The molecule has 0 bridgehead atoms. The predicted octanol–water partition coefficient (Wildman–Crippen LogP) is -0.570. The van der Waals surface area contributed by atoms with Crippen molar-refractivity contribution >= 4 is 10.8 Å². The van der Waals surface area contributed by atoms with Gasteiger partial charge in [-0.05, 0) is 0 Å². The van der Waals surface area contributed by atoms with Crippen LogP contribution in [-0.2, 0) is 4.74 Å². The molecule has 0 unspecified atom stereocenters. The topological polar surface area (TPSA) is 140 Å². The molecular formula is C16H18O8. The summed E-state index contributed by atoms with van der Waals surface area (Å²) in [6.45, 7) is -0.577. The Hall–Kier alpha value is -2.10. The van der Waals surface area contributed by atoms with Crippen LogP contribution in [0.4, 0.5) is 0 Å². The highest BCUT2D eigenvalue weighted by atomic mass is 16.7. The van der Waals surface area contributed by atoms with Gasteiger partial charge in [0.1, 0.15) is 30.2 Å². The first kappa shape index (κ1) is 16.7. The van der Waals surface area contributed by atoms with E-state index in [0.717, 1.165) is 6.07 Å². The van der Waals surface area contributed by atoms with Crippen molar-refractivity contribution < 1.29 is 40.1 Å². The highest BCUT2D eigenvalue weighted by Gasteiger charge is 2.44. The maximum absolute atomic E-state index is 10.0. The molecule has 0 aromatic heterocycles. The van der Waals surface area contributed by atoms with E-state index in [9.17, 15) is 30.6 Å². The van der Waals surface area contributed by atoms with E-state index in [1.807, 2.05) is 0 Å².